The van der Waals surface area contributed by atoms with E-state index in [0.717, 1.165) is 24.1 Å². The van der Waals surface area contributed by atoms with Crippen molar-refractivity contribution in [3.8, 4) is 0 Å². The third kappa shape index (κ3) is 2.59. The number of carboxylic acid groups (broad SMARTS) is 1. The van der Waals surface area contributed by atoms with E-state index >= 15 is 0 Å². The summed E-state index contributed by atoms with van der Waals surface area (Å²) in [7, 11) is 0. The first-order valence-electron chi connectivity index (χ1n) is 6.92. The highest BCUT2D eigenvalue weighted by Gasteiger charge is 2.39. The molecular weight excluding hydrogens is 254 g/mol. The van der Waals surface area contributed by atoms with Crippen LogP contribution in [0.3, 0.4) is 0 Å². The number of carbonyl (C=O) groups excluding carboxylic acids is 1. The number of benzene rings is 1. The van der Waals surface area contributed by atoms with E-state index in [2.05, 4.69) is 17.5 Å². The van der Waals surface area contributed by atoms with Gasteiger partial charge in [-0.3, -0.25) is 9.59 Å². The van der Waals surface area contributed by atoms with Gasteiger partial charge in [-0.05, 0) is 42.4 Å². The summed E-state index contributed by atoms with van der Waals surface area (Å²) in [5.74, 6) is 0.284. The van der Waals surface area contributed by atoms with Gasteiger partial charge in [-0.15, -0.1) is 0 Å². The summed E-state index contributed by atoms with van der Waals surface area (Å²) in [5.41, 5.74) is 1.47. The second-order valence-electron chi connectivity index (χ2n) is 5.64. The maximum atomic E-state index is 12.2. The lowest BCUT2D eigenvalue weighted by Gasteiger charge is -2.17. The summed E-state index contributed by atoms with van der Waals surface area (Å²) in [6, 6.07) is 7.01. The van der Waals surface area contributed by atoms with Gasteiger partial charge >= 0.3 is 5.97 Å². The van der Waals surface area contributed by atoms with Gasteiger partial charge in [-0.1, -0.05) is 24.3 Å². The van der Waals surface area contributed by atoms with E-state index in [1.165, 1.54) is 0 Å². The first-order valence-corrected chi connectivity index (χ1v) is 6.92. The Bertz CT molecular complexity index is 562. The molecule has 0 aromatic heterocycles. The molecule has 2 aliphatic carbocycles. The van der Waals surface area contributed by atoms with Crippen molar-refractivity contribution >= 4 is 17.6 Å². The Morgan fingerprint density at radius 2 is 1.90 bits per heavy atom. The van der Waals surface area contributed by atoms with Crippen LogP contribution in [0.2, 0.25) is 0 Å². The Hall–Kier alpha value is -2.10. The highest BCUT2D eigenvalue weighted by Crippen LogP contribution is 2.43. The fourth-order valence-electron chi connectivity index (χ4n) is 3.20. The molecule has 104 valence electrons. The van der Waals surface area contributed by atoms with Crippen LogP contribution in [0.15, 0.2) is 36.4 Å². The van der Waals surface area contributed by atoms with Crippen molar-refractivity contribution in [1.29, 1.82) is 0 Å². The maximum Gasteiger partial charge on any atom is 0.307 e. The lowest BCUT2D eigenvalue weighted by atomic mass is 9.93. The SMILES string of the molecule is O=C(O)Cc1ccc(NC(=O)C2CC3C=CC2C3)cc1. The largest absolute Gasteiger partial charge is 0.481 e. The number of aliphatic carboxylic acids is 1. The summed E-state index contributed by atoms with van der Waals surface area (Å²) in [6.45, 7) is 0. The van der Waals surface area contributed by atoms with E-state index in [-0.39, 0.29) is 18.2 Å². The molecule has 2 N–H and O–H groups in total. The maximum absolute atomic E-state index is 12.2. The number of rotatable bonds is 4. The molecule has 0 aliphatic heterocycles. The van der Waals surface area contributed by atoms with Crippen LogP contribution in [0.25, 0.3) is 0 Å². The van der Waals surface area contributed by atoms with E-state index < -0.39 is 5.97 Å². The molecule has 4 nitrogen and oxygen atoms in total. The summed E-state index contributed by atoms with van der Waals surface area (Å²) in [5, 5.41) is 11.6. The first-order chi connectivity index (χ1) is 9.61. The zero-order valence-corrected chi connectivity index (χ0v) is 11.1. The fourth-order valence-corrected chi connectivity index (χ4v) is 3.20. The van der Waals surface area contributed by atoms with E-state index in [4.69, 9.17) is 5.11 Å². The standard InChI is InChI=1S/C16H17NO3/c18-15(19)9-10-2-5-13(6-3-10)17-16(20)14-8-11-1-4-12(14)7-11/h1-6,11-12,14H,7-9H2,(H,17,20)(H,18,19). The van der Waals surface area contributed by atoms with Crippen molar-refractivity contribution in [1.82, 2.24) is 0 Å². The van der Waals surface area contributed by atoms with Gasteiger partial charge in [-0.25, -0.2) is 0 Å². The number of allylic oxidation sites excluding steroid dienone is 2. The van der Waals surface area contributed by atoms with Gasteiger partial charge < -0.3 is 10.4 Å². The van der Waals surface area contributed by atoms with Gasteiger partial charge in [0.2, 0.25) is 5.91 Å². The molecule has 1 aromatic carbocycles. The molecule has 2 bridgehead atoms. The molecule has 1 fully saturated rings. The van der Waals surface area contributed by atoms with Crippen molar-refractivity contribution in [3.05, 3.63) is 42.0 Å². The topological polar surface area (TPSA) is 66.4 Å². The number of amides is 1. The fraction of sp³-hybridized carbons (Fsp3) is 0.375. The number of nitrogens with one attached hydrogen (secondary N) is 1. The average Bonchev–Trinajstić information content (AvgIpc) is 3.03. The first kappa shape index (κ1) is 12.9. The van der Waals surface area contributed by atoms with E-state index in [0.29, 0.717) is 11.8 Å². The van der Waals surface area contributed by atoms with Crippen molar-refractivity contribution < 1.29 is 14.7 Å². The van der Waals surface area contributed by atoms with E-state index in [1.54, 1.807) is 24.3 Å². The van der Waals surface area contributed by atoms with Crippen molar-refractivity contribution in [2.24, 2.45) is 17.8 Å². The molecule has 0 spiro atoms. The number of carbonyl (C=O) groups is 2. The molecule has 2 aliphatic rings. The summed E-state index contributed by atoms with van der Waals surface area (Å²) in [6.07, 6.45) is 6.44. The second kappa shape index (κ2) is 5.12. The second-order valence-corrected chi connectivity index (χ2v) is 5.64. The van der Waals surface area contributed by atoms with Crippen LogP contribution in [0.5, 0.6) is 0 Å². The van der Waals surface area contributed by atoms with Crippen molar-refractivity contribution in [3.63, 3.8) is 0 Å². The summed E-state index contributed by atoms with van der Waals surface area (Å²) < 4.78 is 0. The Balaban J connectivity index is 1.61. The minimum atomic E-state index is -0.851. The monoisotopic (exact) mass is 271 g/mol. The highest BCUT2D eigenvalue weighted by atomic mass is 16.4. The number of hydrogen-bond acceptors (Lipinski definition) is 2. The van der Waals surface area contributed by atoms with Gasteiger partial charge in [0.25, 0.3) is 0 Å². The third-order valence-electron chi connectivity index (χ3n) is 4.19. The highest BCUT2D eigenvalue weighted by molar-refractivity contribution is 5.93. The number of fused-ring (bicyclic) bond motifs is 2. The third-order valence-corrected chi connectivity index (χ3v) is 4.19. The minimum absolute atomic E-state index is 0.00536. The number of carboxylic acids is 1. The normalized spacial score (nSPS) is 26.7. The van der Waals surface area contributed by atoms with Crippen LogP contribution < -0.4 is 5.32 Å². The molecule has 1 amide bonds. The molecule has 20 heavy (non-hydrogen) atoms. The van der Waals surface area contributed by atoms with Crippen LogP contribution in [0.1, 0.15) is 18.4 Å². The van der Waals surface area contributed by atoms with Gasteiger partial charge in [-0.2, -0.15) is 0 Å². The molecule has 0 radical (unpaired) electrons. The predicted molar refractivity (Wildman–Crippen MR) is 75.3 cm³/mol. The minimum Gasteiger partial charge on any atom is -0.481 e. The Morgan fingerprint density at radius 3 is 2.45 bits per heavy atom. The number of hydrogen-bond donors (Lipinski definition) is 2. The van der Waals surface area contributed by atoms with Crippen LogP contribution in [-0.4, -0.2) is 17.0 Å². The lowest BCUT2D eigenvalue weighted by molar-refractivity contribution is -0.136. The smallest absolute Gasteiger partial charge is 0.307 e. The van der Waals surface area contributed by atoms with E-state index in [9.17, 15) is 9.59 Å². The quantitative estimate of drug-likeness (QED) is 0.827. The summed E-state index contributed by atoms with van der Waals surface area (Å²) >= 11 is 0. The van der Waals surface area contributed by atoms with Gasteiger partial charge in [0.15, 0.2) is 0 Å². The summed E-state index contributed by atoms with van der Waals surface area (Å²) in [4.78, 5) is 22.8. The molecule has 3 rings (SSSR count). The Labute approximate surface area is 117 Å². The molecule has 1 saturated carbocycles. The molecular formula is C16H17NO3. The van der Waals surface area contributed by atoms with Crippen molar-refractivity contribution in [2.45, 2.75) is 19.3 Å². The number of anilines is 1. The van der Waals surface area contributed by atoms with E-state index in [1.807, 2.05) is 0 Å². The van der Waals surface area contributed by atoms with Crippen LogP contribution in [-0.2, 0) is 16.0 Å². The Kier molecular flexibility index (Phi) is 3.30. The van der Waals surface area contributed by atoms with Crippen LogP contribution in [0, 0.1) is 17.8 Å². The molecule has 1 aromatic rings. The molecule has 0 saturated heterocycles. The molecule has 0 heterocycles. The molecule has 3 atom stereocenters. The Morgan fingerprint density at radius 1 is 1.15 bits per heavy atom. The van der Waals surface area contributed by atoms with Crippen LogP contribution in [0.4, 0.5) is 5.69 Å². The van der Waals surface area contributed by atoms with Gasteiger partial charge in [0.05, 0.1) is 6.42 Å². The van der Waals surface area contributed by atoms with Crippen molar-refractivity contribution in [2.75, 3.05) is 5.32 Å². The van der Waals surface area contributed by atoms with Crippen LogP contribution >= 0.6 is 0 Å². The molecule has 3 unspecified atom stereocenters. The lowest BCUT2D eigenvalue weighted by Crippen LogP contribution is -2.25. The van der Waals surface area contributed by atoms with Gasteiger partial charge in [0.1, 0.15) is 0 Å². The predicted octanol–water partition coefficient (Wildman–Crippen LogP) is 2.46. The zero-order chi connectivity index (χ0) is 14.1. The average molecular weight is 271 g/mol. The van der Waals surface area contributed by atoms with Gasteiger partial charge in [0, 0.05) is 11.6 Å². The molecule has 4 heteroatoms. The zero-order valence-electron chi connectivity index (χ0n) is 11.1.